The first-order valence-corrected chi connectivity index (χ1v) is 10.4. The fourth-order valence-electron chi connectivity index (χ4n) is 1.68. The summed E-state index contributed by atoms with van der Waals surface area (Å²) in [6.07, 6.45) is 11.8. The maximum absolute atomic E-state index is 2.41. The highest BCUT2D eigenvalue weighted by Gasteiger charge is 2.15. The van der Waals surface area contributed by atoms with Gasteiger partial charge in [0.15, 0.2) is 0 Å². The van der Waals surface area contributed by atoms with Crippen LogP contribution in [0.5, 0.6) is 0 Å². The summed E-state index contributed by atoms with van der Waals surface area (Å²) in [5.41, 5.74) is 0. The first kappa shape index (κ1) is 14.9. The lowest BCUT2D eigenvalue weighted by Gasteiger charge is -2.26. The van der Waals surface area contributed by atoms with Gasteiger partial charge in [-0.15, -0.1) is 0 Å². The van der Waals surface area contributed by atoms with Crippen LogP contribution in [-0.4, -0.2) is 24.6 Å². The molecule has 0 spiro atoms. The van der Waals surface area contributed by atoms with Gasteiger partial charge in [0.05, 0.1) is 0 Å². The van der Waals surface area contributed by atoms with E-state index < -0.39 is 0 Å². The lowest BCUT2D eigenvalue weighted by molar-refractivity contribution is 0.888. The summed E-state index contributed by atoms with van der Waals surface area (Å²) in [5.74, 6) is 0. The van der Waals surface area contributed by atoms with Crippen molar-refractivity contribution in [1.29, 1.82) is 0 Å². The van der Waals surface area contributed by atoms with Gasteiger partial charge in [0.1, 0.15) is 0 Å². The van der Waals surface area contributed by atoms with E-state index in [0.717, 1.165) is 0 Å². The van der Waals surface area contributed by atoms with E-state index in [-0.39, 0.29) is 0 Å². The quantitative estimate of drug-likeness (QED) is 0.462. The second kappa shape index (κ2) is 10.4. The molecule has 0 aliphatic rings. The molecule has 0 N–H and O–H groups in total. The van der Waals surface area contributed by atoms with Crippen LogP contribution >= 0.6 is 15.2 Å². The van der Waals surface area contributed by atoms with Crippen molar-refractivity contribution in [3.63, 3.8) is 0 Å². The zero-order valence-corrected chi connectivity index (χ0v) is 12.3. The van der Waals surface area contributed by atoms with Gasteiger partial charge in [-0.1, -0.05) is 55.8 Å². The van der Waals surface area contributed by atoms with Crippen molar-refractivity contribution in [3.8, 4) is 0 Å². The number of hydrogen-bond donors (Lipinski definition) is 0. The summed E-state index contributed by atoms with van der Waals surface area (Å²) in [6, 6.07) is 0. The third-order valence-corrected chi connectivity index (χ3v) is 11.9. The Kier molecular flexibility index (Phi) is 11.0. The second-order valence-corrected chi connectivity index (χ2v) is 11.4. The fraction of sp³-hybridized carbons (Fsp3) is 1.00. The van der Waals surface area contributed by atoms with Gasteiger partial charge < -0.3 is 0 Å². The SMILES string of the molecule is CCCCP(CC)P(CC)CCCC. The Morgan fingerprint density at radius 3 is 1.21 bits per heavy atom. The Morgan fingerprint density at radius 1 is 0.643 bits per heavy atom. The summed E-state index contributed by atoms with van der Waals surface area (Å²) in [4.78, 5) is 0. The Hall–Kier alpha value is 0.860. The molecular weight excluding hydrogens is 206 g/mol. The number of rotatable bonds is 9. The Morgan fingerprint density at radius 2 is 1.00 bits per heavy atom. The maximum atomic E-state index is 2.41. The molecule has 0 heterocycles. The molecule has 0 bridgehead atoms. The highest BCUT2D eigenvalue weighted by Crippen LogP contribution is 2.68. The van der Waals surface area contributed by atoms with Crippen LogP contribution in [0.3, 0.4) is 0 Å². The van der Waals surface area contributed by atoms with Gasteiger partial charge in [-0.2, -0.15) is 0 Å². The van der Waals surface area contributed by atoms with Crippen LogP contribution < -0.4 is 0 Å². The summed E-state index contributed by atoms with van der Waals surface area (Å²) in [7, 11) is 0.851. The molecule has 0 aromatic heterocycles. The van der Waals surface area contributed by atoms with Gasteiger partial charge in [0.25, 0.3) is 0 Å². The van der Waals surface area contributed by atoms with E-state index in [9.17, 15) is 0 Å². The van der Waals surface area contributed by atoms with E-state index in [1.165, 1.54) is 38.0 Å². The molecule has 2 atom stereocenters. The van der Waals surface area contributed by atoms with Gasteiger partial charge in [0, 0.05) is 0 Å². The van der Waals surface area contributed by atoms with Gasteiger partial charge in [-0.3, -0.25) is 0 Å². The van der Waals surface area contributed by atoms with Crippen LogP contribution in [0.1, 0.15) is 53.4 Å². The Labute approximate surface area is 93.6 Å². The van der Waals surface area contributed by atoms with Crippen LogP contribution in [0.4, 0.5) is 0 Å². The minimum Gasteiger partial charge on any atom is -0.0813 e. The molecule has 0 rings (SSSR count). The van der Waals surface area contributed by atoms with Crippen molar-refractivity contribution in [2.75, 3.05) is 24.6 Å². The Balaban J connectivity index is 3.87. The van der Waals surface area contributed by atoms with Crippen molar-refractivity contribution in [2.45, 2.75) is 53.4 Å². The smallest absolute Gasteiger partial charge is 0.0287 e. The predicted octanol–water partition coefficient (Wildman–Crippen LogP) is 5.51. The molecule has 0 fully saturated rings. The molecule has 14 heavy (non-hydrogen) atoms. The summed E-state index contributed by atoms with van der Waals surface area (Å²) < 4.78 is 0. The lowest BCUT2D eigenvalue weighted by atomic mass is 10.4. The fourth-order valence-corrected chi connectivity index (χ4v) is 9.99. The molecule has 0 nitrogen and oxygen atoms in total. The standard InChI is InChI=1S/C12H28P2/c1-5-9-11-13(7-3)14(8-4)12-10-6-2/h5-12H2,1-4H3. The van der Waals surface area contributed by atoms with E-state index in [2.05, 4.69) is 27.7 Å². The molecule has 0 saturated carbocycles. The molecule has 0 aliphatic heterocycles. The van der Waals surface area contributed by atoms with E-state index in [1.807, 2.05) is 0 Å². The summed E-state index contributed by atoms with van der Waals surface area (Å²) in [5, 5.41) is 0. The van der Waals surface area contributed by atoms with Gasteiger partial charge in [-0.25, -0.2) is 0 Å². The normalized spacial score (nSPS) is 15.4. The number of hydrogen-bond acceptors (Lipinski definition) is 0. The largest absolute Gasteiger partial charge is 0.0813 e. The van der Waals surface area contributed by atoms with Crippen molar-refractivity contribution in [3.05, 3.63) is 0 Å². The summed E-state index contributed by atoms with van der Waals surface area (Å²) >= 11 is 0. The van der Waals surface area contributed by atoms with Crippen LogP contribution in [0.2, 0.25) is 0 Å². The molecular formula is C12H28P2. The minimum atomic E-state index is 0.425. The van der Waals surface area contributed by atoms with Crippen LogP contribution in [0, 0.1) is 0 Å². The van der Waals surface area contributed by atoms with Crippen molar-refractivity contribution in [1.82, 2.24) is 0 Å². The summed E-state index contributed by atoms with van der Waals surface area (Å²) in [6.45, 7) is 9.48. The van der Waals surface area contributed by atoms with Crippen LogP contribution in [0.25, 0.3) is 0 Å². The molecule has 0 aliphatic carbocycles. The third kappa shape index (κ3) is 6.36. The zero-order valence-electron chi connectivity index (χ0n) is 10.6. The van der Waals surface area contributed by atoms with E-state index in [0.29, 0.717) is 15.2 Å². The van der Waals surface area contributed by atoms with Crippen molar-refractivity contribution < 1.29 is 0 Å². The minimum absolute atomic E-state index is 0.425. The second-order valence-electron chi connectivity index (χ2n) is 3.80. The molecule has 0 aromatic carbocycles. The van der Waals surface area contributed by atoms with E-state index >= 15 is 0 Å². The van der Waals surface area contributed by atoms with Crippen molar-refractivity contribution in [2.24, 2.45) is 0 Å². The topological polar surface area (TPSA) is 0 Å². The van der Waals surface area contributed by atoms with Crippen LogP contribution in [0.15, 0.2) is 0 Å². The monoisotopic (exact) mass is 234 g/mol. The zero-order chi connectivity index (χ0) is 10.8. The lowest BCUT2D eigenvalue weighted by Crippen LogP contribution is -1.92. The maximum Gasteiger partial charge on any atom is -0.0287 e. The molecule has 2 heteroatoms. The van der Waals surface area contributed by atoms with E-state index in [1.54, 1.807) is 12.3 Å². The average molecular weight is 234 g/mol. The first-order chi connectivity index (χ1) is 6.79. The molecule has 0 aromatic rings. The molecule has 86 valence electrons. The molecule has 2 unspecified atom stereocenters. The van der Waals surface area contributed by atoms with E-state index in [4.69, 9.17) is 0 Å². The molecule has 0 radical (unpaired) electrons. The average Bonchev–Trinajstić information content (AvgIpc) is 2.23. The third-order valence-electron chi connectivity index (χ3n) is 2.67. The Bertz CT molecular complexity index is 101. The first-order valence-electron chi connectivity index (χ1n) is 6.29. The van der Waals surface area contributed by atoms with Crippen molar-refractivity contribution >= 4 is 15.2 Å². The van der Waals surface area contributed by atoms with Crippen LogP contribution in [-0.2, 0) is 0 Å². The predicted molar refractivity (Wildman–Crippen MR) is 74.5 cm³/mol. The molecule has 0 amide bonds. The highest BCUT2D eigenvalue weighted by molar-refractivity contribution is 8.29. The number of unbranched alkanes of at least 4 members (excludes halogenated alkanes) is 2. The van der Waals surface area contributed by atoms with Gasteiger partial charge in [0.2, 0.25) is 0 Å². The van der Waals surface area contributed by atoms with Gasteiger partial charge >= 0.3 is 0 Å². The molecule has 0 saturated heterocycles. The van der Waals surface area contributed by atoms with Gasteiger partial charge in [-0.05, 0) is 37.5 Å². The highest BCUT2D eigenvalue weighted by atomic mass is 32.1.